The van der Waals surface area contributed by atoms with Gasteiger partial charge in [-0.2, -0.15) is 0 Å². The molecule has 0 saturated heterocycles. The third-order valence-corrected chi connectivity index (χ3v) is 6.27. The van der Waals surface area contributed by atoms with Crippen molar-refractivity contribution < 1.29 is 22.7 Å². The van der Waals surface area contributed by atoms with E-state index >= 15 is 0 Å². The first kappa shape index (κ1) is 23.3. The fourth-order valence-corrected chi connectivity index (χ4v) is 4.16. The zero-order valence-electron chi connectivity index (χ0n) is 17.9. The van der Waals surface area contributed by atoms with Crippen molar-refractivity contribution in [2.75, 3.05) is 20.8 Å². The van der Waals surface area contributed by atoms with Crippen molar-refractivity contribution >= 4 is 15.9 Å². The Morgan fingerprint density at radius 1 is 1.06 bits per heavy atom. The van der Waals surface area contributed by atoms with Crippen molar-refractivity contribution in [1.29, 1.82) is 0 Å². The van der Waals surface area contributed by atoms with E-state index in [1.165, 1.54) is 32.4 Å². The Morgan fingerprint density at radius 2 is 1.81 bits per heavy atom. The second kappa shape index (κ2) is 10.8. The van der Waals surface area contributed by atoms with Gasteiger partial charge >= 0.3 is 0 Å². The molecule has 1 amide bonds. The van der Waals surface area contributed by atoms with Gasteiger partial charge in [0.25, 0.3) is 0 Å². The molecule has 3 rings (SSSR count). The van der Waals surface area contributed by atoms with Crippen LogP contribution in [-0.2, 0) is 27.9 Å². The number of aromatic nitrogens is 2. The smallest absolute Gasteiger partial charge is 0.240 e. The molecule has 1 aromatic heterocycles. The molecule has 32 heavy (non-hydrogen) atoms. The zero-order valence-corrected chi connectivity index (χ0v) is 18.8. The SMILES string of the molecule is COc1ccc(S(=O)(=O)NCCC(=O)NCc2ccccc2Cn2ccnc2)cc1OC. The fourth-order valence-electron chi connectivity index (χ4n) is 3.11. The van der Waals surface area contributed by atoms with Gasteiger partial charge in [-0.15, -0.1) is 0 Å². The summed E-state index contributed by atoms with van der Waals surface area (Å²) >= 11 is 0. The summed E-state index contributed by atoms with van der Waals surface area (Å²) in [6.45, 7) is 0.975. The molecular weight excluding hydrogens is 432 g/mol. The van der Waals surface area contributed by atoms with Crippen molar-refractivity contribution in [3.05, 3.63) is 72.3 Å². The minimum Gasteiger partial charge on any atom is -0.493 e. The summed E-state index contributed by atoms with van der Waals surface area (Å²) in [6.07, 6.45) is 5.34. The second-order valence-electron chi connectivity index (χ2n) is 6.95. The zero-order chi connectivity index (χ0) is 23.0. The number of nitrogens with one attached hydrogen (secondary N) is 2. The molecule has 3 aromatic rings. The number of hydrogen-bond acceptors (Lipinski definition) is 6. The monoisotopic (exact) mass is 458 g/mol. The number of ether oxygens (including phenoxy) is 2. The maximum atomic E-state index is 12.5. The van der Waals surface area contributed by atoms with Crippen LogP contribution in [0.15, 0.2) is 66.1 Å². The fraction of sp³-hybridized carbons (Fsp3) is 0.273. The Kier molecular flexibility index (Phi) is 7.85. The molecule has 0 atom stereocenters. The lowest BCUT2D eigenvalue weighted by atomic mass is 10.1. The van der Waals surface area contributed by atoms with Crippen molar-refractivity contribution in [1.82, 2.24) is 19.6 Å². The molecule has 0 fully saturated rings. The number of nitrogens with zero attached hydrogens (tertiary/aromatic N) is 2. The number of methoxy groups -OCH3 is 2. The Bertz CT molecular complexity index is 1150. The summed E-state index contributed by atoms with van der Waals surface area (Å²) in [5.74, 6) is 0.485. The van der Waals surface area contributed by atoms with E-state index in [4.69, 9.17) is 9.47 Å². The normalized spacial score (nSPS) is 11.2. The van der Waals surface area contributed by atoms with Gasteiger partial charge in [0, 0.05) is 44.5 Å². The van der Waals surface area contributed by atoms with Crippen LogP contribution in [0.4, 0.5) is 0 Å². The Hall–Kier alpha value is -3.37. The van der Waals surface area contributed by atoms with Crippen LogP contribution < -0.4 is 19.5 Å². The van der Waals surface area contributed by atoms with Gasteiger partial charge in [0.15, 0.2) is 11.5 Å². The molecule has 0 radical (unpaired) electrons. The average molecular weight is 459 g/mol. The van der Waals surface area contributed by atoms with Crippen LogP contribution in [0.25, 0.3) is 0 Å². The lowest BCUT2D eigenvalue weighted by molar-refractivity contribution is -0.121. The molecule has 0 unspecified atom stereocenters. The second-order valence-corrected chi connectivity index (χ2v) is 8.71. The van der Waals surface area contributed by atoms with Gasteiger partial charge in [-0.3, -0.25) is 4.79 Å². The van der Waals surface area contributed by atoms with E-state index in [-0.39, 0.29) is 23.8 Å². The first-order valence-corrected chi connectivity index (χ1v) is 11.4. The molecule has 9 nitrogen and oxygen atoms in total. The van der Waals surface area contributed by atoms with Gasteiger partial charge in [-0.05, 0) is 23.3 Å². The number of imidazole rings is 1. The molecule has 0 aliphatic heterocycles. The number of hydrogen-bond donors (Lipinski definition) is 2. The number of carbonyl (C=O) groups excluding carboxylic acids is 1. The van der Waals surface area contributed by atoms with E-state index in [1.54, 1.807) is 12.5 Å². The number of carbonyl (C=O) groups is 1. The Labute approximate surface area is 187 Å². The third-order valence-electron chi connectivity index (χ3n) is 4.82. The van der Waals surface area contributed by atoms with Crippen molar-refractivity contribution in [3.8, 4) is 11.5 Å². The maximum absolute atomic E-state index is 12.5. The first-order valence-electron chi connectivity index (χ1n) is 9.94. The summed E-state index contributed by atoms with van der Waals surface area (Å²) in [4.78, 5) is 16.3. The molecule has 0 bridgehead atoms. The third kappa shape index (κ3) is 6.08. The summed E-state index contributed by atoms with van der Waals surface area (Å²) < 4.78 is 39.7. The van der Waals surface area contributed by atoms with Gasteiger partial charge in [-0.25, -0.2) is 18.1 Å². The Balaban J connectivity index is 1.51. The quantitative estimate of drug-likeness (QED) is 0.454. The molecular formula is C22H26N4O5S. The lowest BCUT2D eigenvalue weighted by Crippen LogP contribution is -2.30. The molecule has 0 saturated carbocycles. The van der Waals surface area contributed by atoms with Crippen LogP contribution in [0.3, 0.4) is 0 Å². The van der Waals surface area contributed by atoms with E-state index in [1.807, 2.05) is 35.0 Å². The highest BCUT2D eigenvalue weighted by atomic mass is 32.2. The highest BCUT2D eigenvalue weighted by molar-refractivity contribution is 7.89. The minimum atomic E-state index is -3.79. The number of benzene rings is 2. The predicted octanol–water partition coefficient (Wildman–Crippen LogP) is 1.93. The van der Waals surface area contributed by atoms with E-state index in [0.29, 0.717) is 24.6 Å². The van der Waals surface area contributed by atoms with E-state index < -0.39 is 10.0 Å². The molecule has 0 aliphatic rings. The van der Waals surface area contributed by atoms with Gasteiger partial charge < -0.3 is 19.4 Å². The largest absolute Gasteiger partial charge is 0.493 e. The topological polar surface area (TPSA) is 112 Å². The van der Waals surface area contributed by atoms with Gasteiger partial charge in [-0.1, -0.05) is 24.3 Å². The molecule has 0 aliphatic carbocycles. The van der Waals surface area contributed by atoms with Crippen molar-refractivity contribution in [2.24, 2.45) is 0 Å². The van der Waals surface area contributed by atoms with Gasteiger partial charge in [0.1, 0.15) is 0 Å². The van der Waals surface area contributed by atoms with E-state index in [9.17, 15) is 13.2 Å². The van der Waals surface area contributed by atoms with Gasteiger partial charge in [0.05, 0.1) is 25.4 Å². The van der Waals surface area contributed by atoms with E-state index in [2.05, 4.69) is 15.0 Å². The molecule has 2 N–H and O–H groups in total. The van der Waals surface area contributed by atoms with Crippen molar-refractivity contribution in [2.45, 2.75) is 24.4 Å². The summed E-state index contributed by atoms with van der Waals surface area (Å²) in [6, 6.07) is 12.1. The molecule has 0 spiro atoms. The minimum absolute atomic E-state index is 0.0101. The summed E-state index contributed by atoms with van der Waals surface area (Å²) in [5, 5.41) is 2.84. The van der Waals surface area contributed by atoms with Crippen LogP contribution in [-0.4, -0.2) is 44.6 Å². The maximum Gasteiger partial charge on any atom is 0.240 e. The van der Waals surface area contributed by atoms with Crippen LogP contribution in [0.2, 0.25) is 0 Å². The molecule has 2 aromatic carbocycles. The van der Waals surface area contributed by atoms with Crippen molar-refractivity contribution in [3.63, 3.8) is 0 Å². The Morgan fingerprint density at radius 3 is 2.50 bits per heavy atom. The van der Waals surface area contributed by atoms with Crippen LogP contribution in [0, 0.1) is 0 Å². The summed E-state index contributed by atoms with van der Waals surface area (Å²) in [5.41, 5.74) is 2.06. The van der Waals surface area contributed by atoms with Crippen LogP contribution >= 0.6 is 0 Å². The average Bonchev–Trinajstić information content (AvgIpc) is 3.31. The number of sulfonamides is 1. The molecule has 10 heteroatoms. The lowest BCUT2D eigenvalue weighted by Gasteiger charge is -2.12. The highest BCUT2D eigenvalue weighted by Crippen LogP contribution is 2.29. The molecule has 1 heterocycles. The first-order chi connectivity index (χ1) is 15.4. The highest BCUT2D eigenvalue weighted by Gasteiger charge is 2.17. The predicted molar refractivity (Wildman–Crippen MR) is 119 cm³/mol. The van der Waals surface area contributed by atoms with Gasteiger partial charge in [0.2, 0.25) is 15.9 Å². The van der Waals surface area contributed by atoms with E-state index in [0.717, 1.165) is 11.1 Å². The standard InChI is InChI=1S/C22H26N4O5S/c1-30-20-8-7-19(13-21(20)31-2)32(28,29)25-10-9-22(27)24-14-17-5-3-4-6-18(17)15-26-12-11-23-16-26/h3-8,11-13,16,25H,9-10,14-15H2,1-2H3,(H,24,27). The van der Waals surface area contributed by atoms with Crippen LogP contribution in [0.5, 0.6) is 11.5 Å². The molecule has 170 valence electrons. The summed E-state index contributed by atoms with van der Waals surface area (Å²) in [7, 11) is -0.889. The number of amides is 1. The number of rotatable bonds is 11. The van der Waals surface area contributed by atoms with Crippen LogP contribution in [0.1, 0.15) is 17.5 Å².